The first-order valence-corrected chi connectivity index (χ1v) is 7.73. The van der Waals surface area contributed by atoms with Crippen LogP contribution in [0, 0.1) is 5.92 Å². The van der Waals surface area contributed by atoms with Crippen LogP contribution >= 0.6 is 0 Å². The van der Waals surface area contributed by atoms with Crippen molar-refractivity contribution in [3.63, 3.8) is 0 Å². The highest BCUT2D eigenvalue weighted by molar-refractivity contribution is 5.96. The van der Waals surface area contributed by atoms with E-state index in [1.807, 2.05) is 59.3 Å². The Hall–Kier alpha value is -2.66. The summed E-state index contributed by atoms with van der Waals surface area (Å²) in [7, 11) is 0. The number of nitrogens with one attached hydrogen (secondary N) is 1. The van der Waals surface area contributed by atoms with Gasteiger partial charge in [0.2, 0.25) is 5.91 Å². The molecule has 1 amide bonds. The molecule has 1 N–H and O–H groups in total. The van der Waals surface area contributed by atoms with Crippen LogP contribution in [0.25, 0.3) is 16.9 Å². The number of hydrogen-bond donors (Lipinski definition) is 1. The summed E-state index contributed by atoms with van der Waals surface area (Å²) in [6, 6.07) is 13.6. The first-order chi connectivity index (χ1) is 11.3. The lowest BCUT2D eigenvalue weighted by molar-refractivity contribution is -0.119. The molecular weight excluding hydrogens is 290 g/mol. The van der Waals surface area contributed by atoms with Crippen LogP contribution < -0.4 is 5.32 Å². The largest absolute Gasteiger partial charge is 0.381 e. The predicted octanol–water partition coefficient (Wildman–Crippen LogP) is 2.98. The molecule has 1 saturated heterocycles. The van der Waals surface area contributed by atoms with Crippen LogP contribution in [0.4, 0.5) is 5.69 Å². The van der Waals surface area contributed by atoms with Gasteiger partial charge in [-0.05, 0) is 24.6 Å². The third kappa shape index (κ3) is 2.71. The van der Waals surface area contributed by atoms with Gasteiger partial charge in [-0.2, -0.15) is 0 Å². The van der Waals surface area contributed by atoms with Gasteiger partial charge in [-0.1, -0.05) is 24.3 Å². The Morgan fingerprint density at radius 2 is 2.09 bits per heavy atom. The predicted molar refractivity (Wildman–Crippen MR) is 88.2 cm³/mol. The average Bonchev–Trinajstić information content (AvgIpc) is 3.25. The highest BCUT2D eigenvalue weighted by Gasteiger charge is 2.24. The van der Waals surface area contributed by atoms with E-state index in [2.05, 4.69) is 10.3 Å². The molecule has 3 heterocycles. The van der Waals surface area contributed by atoms with Crippen LogP contribution in [-0.4, -0.2) is 28.5 Å². The molecule has 1 aromatic carbocycles. The molecule has 116 valence electrons. The van der Waals surface area contributed by atoms with Gasteiger partial charge in [0.1, 0.15) is 5.65 Å². The number of carbonyl (C=O) groups is 1. The number of benzene rings is 1. The molecule has 23 heavy (non-hydrogen) atoms. The van der Waals surface area contributed by atoms with E-state index in [4.69, 9.17) is 4.74 Å². The van der Waals surface area contributed by atoms with Crippen molar-refractivity contribution in [3.05, 3.63) is 54.9 Å². The number of ether oxygens (including phenoxy) is 1. The Bertz CT molecular complexity index is 817. The minimum absolute atomic E-state index is 0.0127. The molecule has 0 aliphatic carbocycles. The lowest BCUT2D eigenvalue weighted by atomic mass is 10.1. The summed E-state index contributed by atoms with van der Waals surface area (Å²) in [5.74, 6) is -0.0529. The number of amides is 1. The van der Waals surface area contributed by atoms with Gasteiger partial charge in [0.25, 0.3) is 0 Å². The standard InChI is InChI=1S/C18H17N3O2/c22-18(13-8-10-23-12-13)20-15-6-2-1-5-14(15)16-11-21-9-4-3-7-17(21)19-16/h1-7,9,11,13H,8,10,12H2,(H,20,22). The number of nitrogens with zero attached hydrogens (tertiary/aromatic N) is 2. The number of para-hydroxylation sites is 1. The Balaban J connectivity index is 1.67. The molecule has 4 rings (SSSR count). The van der Waals surface area contributed by atoms with Crippen molar-refractivity contribution in [2.75, 3.05) is 18.5 Å². The van der Waals surface area contributed by atoms with Crippen molar-refractivity contribution in [3.8, 4) is 11.3 Å². The third-order valence-corrected chi connectivity index (χ3v) is 4.13. The molecule has 0 radical (unpaired) electrons. The molecule has 1 fully saturated rings. The molecule has 5 nitrogen and oxygen atoms in total. The molecule has 1 aliphatic rings. The summed E-state index contributed by atoms with van der Waals surface area (Å²) in [5, 5.41) is 3.03. The lowest BCUT2D eigenvalue weighted by Gasteiger charge is -2.12. The summed E-state index contributed by atoms with van der Waals surface area (Å²) in [5.41, 5.74) is 3.43. The number of aromatic nitrogens is 2. The van der Waals surface area contributed by atoms with Crippen molar-refractivity contribution < 1.29 is 9.53 Å². The number of pyridine rings is 1. The normalized spacial score (nSPS) is 17.5. The fourth-order valence-corrected chi connectivity index (χ4v) is 2.86. The summed E-state index contributed by atoms with van der Waals surface area (Å²) < 4.78 is 7.27. The van der Waals surface area contributed by atoms with E-state index in [0.717, 1.165) is 29.0 Å². The number of carbonyl (C=O) groups excluding carboxylic acids is 1. The zero-order chi connectivity index (χ0) is 15.6. The Morgan fingerprint density at radius 3 is 2.91 bits per heavy atom. The maximum atomic E-state index is 12.4. The SMILES string of the molecule is O=C(Nc1ccccc1-c1cn2ccccc2n1)C1CCOC1. The molecule has 3 aromatic rings. The summed E-state index contributed by atoms with van der Waals surface area (Å²) in [4.78, 5) is 17.0. The number of hydrogen-bond acceptors (Lipinski definition) is 3. The second kappa shape index (κ2) is 5.85. The van der Waals surface area contributed by atoms with Crippen molar-refractivity contribution in [1.29, 1.82) is 0 Å². The number of imidazole rings is 1. The number of rotatable bonds is 3. The van der Waals surface area contributed by atoms with Gasteiger partial charge in [0.05, 0.1) is 23.9 Å². The highest BCUT2D eigenvalue weighted by atomic mass is 16.5. The van der Waals surface area contributed by atoms with E-state index < -0.39 is 0 Å². The van der Waals surface area contributed by atoms with Gasteiger partial charge in [0.15, 0.2) is 0 Å². The molecule has 0 saturated carbocycles. The van der Waals surface area contributed by atoms with E-state index in [9.17, 15) is 4.79 Å². The van der Waals surface area contributed by atoms with Crippen LogP contribution in [0.3, 0.4) is 0 Å². The number of anilines is 1. The Morgan fingerprint density at radius 1 is 1.22 bits per heavy atom. The molecule has 1 unspecified atom stereocenters. The smallest absolute Gasteiger partial charge is 0.229 e. The van der Waals surface area contributed by atoms with E-state index >= 15 is 0 Å². The van der Waals surface area contributed by atoms with Crippen molar-refractivity contribution in [2.24, 2.45) is 5.92 Å². The van der Waals surface area contributed by atoms with E-state index in [0.29, 0.717) is 13.2 Å². The quantitative estimate of drug-likeness (QED) is 0.809. The Kier molecular flexibility index (Phi) is 3.55. The maximum absolute atomic E-state index is 12.4. The van der Waals surface area contributed by atoms with Gasteiger partial charge in [-0.15, -0.1) is 0 Å². The van der Waals surface area contributed by atoms with Crippen LogP contribution in [0.5, 0.6) is 0 Å². The lowest BCUT2D eigenvalue weighted by Crippen LogP contribution is -2.23. The van der Waals surface area contributed by atoms with Crippen LogP contribution in [0.15, 0.2) is 54.9 Å². The highest BCUT2D eigenvalue weighted by Crippen LogP contribution is 2.28. The van der Waals surface area contributed by atoms with E-state index in [1.54, 1.807) is 0 Å². The van der Waals surface area contributed by atoms with E-state index in [-0.39, 0.29) is 11.8 Å². The molecule has 0 bridgehead atoms. The van der Waals surface area contributed by atoms with Crippen LogP contribution in [0.2, 0.25) is 0 Å². The zero-order valence-corrected chi connectivity index (χ0v) is 12.6. The molecule has 1 atom stereocenters. The summed E-state index contributed by atoms with van der Waals surface area (Å²) in [6.07, 6.45) is 4.71. The van der Waals surface area contributed by atoms with Gasteiger partial charge in [-0.3, -0.25) is 4.79 Å². The van der Waals surface area contributed by atoms with E-state index in [1.165, 1.54) is 0 Å². The summed E-state index contributed by atoms with van der Waals surface area (Å²) >= 11 is 0. The minimum Gasteiger partial charge on any atom is -0.381 e. The molecule has 2 aromatic heterocycles. The van der Waals surface area contributed by atoms with Crippen LogP contribution in [-0.2, 0) is 9.53 Å². The minimum atomic E-state index is -0.0656. The fraction of sp³-hybridized carbons (Fsp3) is 0.222. The van der Waals surface area contributed by atoms with Gasteiger partial charge in [-0.25, -0.2) is 4.98 Å². The van der Waals surface area contributed by atoms with Crippen molar-refractivity contribution in [1.82, 2.24) is 9.38 Å². The molecule has 0 spiro atoms. The van der Waals surface area contributed by atoms with Gasteiger partial charge < -0.3 is 14.5 Å². The second-order valence-electron chi connectivity index (χ2n) is 5.69. The molecule has 5 heteroatoms. The van der Waals surface area contributed by atoms with Gasteiger partial charge in [0, 0.05) is 24.6 Å². The Labute approximate surface area is 133 Å². The van der Waals surface area contributed by atoms with Crippen LogP contribution in [0.1, 0.15) is 6.42 Å². The second-order valence-corrected chi connectivity index (χ2v) is 5.69. The first kappa shape index (κ1) is 14.0. The molecular formula is C18H17N3O2. The monoisotopic (exact) mass is 307 g/mol. The summed E-state index contributed by atoms with van der Waals surface area (Å²) in [6.45, 7) is 1.16. The fourth-order valence-electron chi connectivity index (χ4n) is 2.86. The van der Waals surface area contributed by atoms with Crippen molar-refractivity contribution >= 4 is 17.2 Å². The third-order valence-electron chi connectivity index (χ3n) is 4.13. The van der Waals surface area contributed by atoms with Gasteiger partial charge >= 0.3 is 0 Å². The van der Waals surface area contributed by atoms with Crippen molar-refractivity contribution in [2.45, 2.75) is 6.42 Å². The maximum Gasteiger partial charge on any atom is 0.229 e. The number of fused-ring (bicyclic) bond motifs is 1. The first-order valence-electron chi connectivity index (χ1n) is 7.73. The average molecular weight is 307 g/mol. The molecule has 1 aliphatic heterocycles. The topological polar surface area (TPSA) is 55.6 Å². The zero-order valence-electron chi connectivity index (χ0n) is 12.6.